The van der Waals surface area contributed by atoms with Crippen molar-refractivity contribution in [2.45, 2.75) is 6.92 Å². The molecule has 0 bridgehead atoms. The lowest BCUT2D eigenvalue weighted by molar-refractivity contribution is -0.130. The Labute approximate surface area is 175 Å². The van der Waals surface area contributed by atoms with Crippen LogP contribution in [-0.4, -0.2) is 22.8 Å². The van der Waals surface area contributed by atoms with Crippen LogP contribution < -0.4 is 4.90 Å². The Bertz CT molecular complexity index is 1140. The number of nitrogens with zero attached hydrogens (tertiary/aromatic N) is 3. The zero-order chi connectivity index (χ0) is 20.4. The highest BCUT2D eigenvalue weighted by Crippen LogP contribution is 2.30. The summed E-state index contributed by atoms with van der Waals surface area (Å²) in [5, 5.41) is 2.84. The van der Waals surface area contributed by atoms with Gasteiger partial charge in [0.25, 0.3) is 0 Å². The van der Waals surface area contributed by atoms with E-state index in [9.17, 15) is 9.59 Å². The molecule has 1 aromatic heterocycles. The molecule has 0 atom stereocenters. The predicted octanol–water partition coefficient (Wildman–Crippen LogP) is 4.83. The first-order valence-corrected chi connectivity index (χ1v) is 9.87. The number of rotatable bonds is 4. The normalized spacial score (nSPS) is 14.6. The highest BCUT2D eigenvalue weighted by molar-refractivity contribution is 7.14. The summed E-state index contributed by atoms with van der Waals surface area (Å²) in [4.78, 5) is 34.6. The molecule has 2 aromatic carbocycles. The van der Waals surface area contributed by atoms with Gasteiger partial charge in [-0.2, -0.15) is 0 Å². The maximum absolute atomic E-state index is 12.2. The first-order chi connectivity index (χ1) is 14.0. The average Bonchev–Trinajstić information content (AvgIpc) is 3.30. The van der Waals surface area contributed by atoms with E-state index in [2.05, 4.69) is 9.98 Å². The second-order valence-corrected chi connectivity index (χ2v) is 7.36. The van der Waals surface area contributed by atoms with E-state index in [4.69, 9.17) is 16.3 Å². The molecule has 0 saturated heterocycles. The zero-order valence-corrected chi connectivity index (χ0v) is 16.8. The van der Waals surface area contributed by atoms with Gasteiger partial charge in [-0.3, -0.25) is 9.69 Å². The van der Waals surface area contributed by atoms with E-state index in [1.54, 1.807) is 29.6 Å². The molecule has 8 heteroatoms. The smallest absolute Gasteiger partial charge is 0.363 e. The number of hydrogen-bond acceptors (Lipinski definition) is 6. The van der Waals surface area contributed by atoms with Crippen LogP contribution in [0.15, 0.2) is 70.7 Å². The molecule has 144 valence electrons. The van der Waals surface area contributed by atoms with E-state index in [-0.39, 0.29) is 17.5 Å². The SMILES string of the molecule is CC(=O)N(c1ccccc1)c1nc(/C=C2\N=C(c3ccc(Cl)cc3)OC2=O)cs1. The second-order valence-electron chi connectivity index (χ2n) is 6.09. The summed E-state index contributed by atoms with van der Waals surface area (Å²) in [7, 11) is 0. The summed E-state index contributed by atoms with van der Waals surface area (Å²) in [6.45, 7) is 1.48. The molecule has 0 fully saturated rings. The zero-order valence-electron chi connectivity index (χ0n) is 15.2. The number of aliphatic imine (C=N–C) groups is 1. The Morgan fingerprint density at radius 1 is 1.14 bits per heavy atom. The molecule has 6 nitrogen and oxygen atoms in total. The number of carbonyl (C=O) groups excluding carboxylic acids is 2. The van der Waals surface area contributed by atoms with Crippen LogP contribution in [0.2, 0.25) is 5.02 Å². The first kappa shape index (κ1) is 19.0. The first-order valence-electron chi connectivity index (χ1n) is 8.61. The summed E-state index contributed by atoms with van der Waals surface area (Å²) in [6, 6.07) is 16.1. The molecule has 1 aliphatic rings. The van der Waals surface area contributed by atoms with Gasteiger partial charge < -0.3 is 4.74 Å². The fraction of sp³-hybridized carbons (Fsp3) is 0.0476. The van der Waals surface area contributed by atoms with Crippen molar-refractivity contribution < 1.29 is 14.3 Å². The molecule has 3 aromatic rings. The maximum atomic E-state index is 12.2. The minimum absolute atomic E-state index is 0.140. The Hall–Kier alpha value is -3.29. The number of amides is 1. The van der Waals surface area contributed by atoms with Gasteiger partial charge in [0.05, 0.1) is 11.4 Å². The minimum Gasteiger partial charge on any atom is -0.402 e. The van der Waals surface area contributed by atoms with Crippen molar-refractivity contribution in [1.29, 1.82) is 0 Å². The van der Waals surface area contributed by atoms with E-state index >= 15 is 0 Å². The standard InChI is InChI=1S/C21H14ClN3O3S/c1-13(26)25(17-5-3-2-4-6-17)21-23-16(12-29-21)11-18-20(27)28-19(24-18)14-7-9-15(22)10-8-14/h2-12H,1H3/b18-11-. The van der Waals surface area contributed by atoms with Gasteiger partial charge in [0.15, 0.2) is 10.8 Å². The van der Waals surface area contributed by atoms with Gasteiger partial charge in [-0.25, -0.2) is 14.8 Å². The molecular formula is C21H14ClN3O3S. The number of ether oxygens (including phenoxy) is 1. The van der Waals surface area contributed by atoms with Gasteiger partial charge in [0.1, 0.15) is 0 Å². The van der Waals surface area contributed by atoms with Gasteiger partial charge in [-0.15, -0.1) is 11.3 Å². The molecule has 2 heterocycles. The molecule has 4 rings (SSSR count). The van der Waals surface area contributed by atoms with Gasteiger partial charge in [-0.1, -0.05) is 29.8 Å². The van der Waals surface area contributed by atoms with Crippen LogP contribution in [0.1, 0.15) is 18.2 Å². The van der Waals surface area contributed by atoms with Crippen molar-refractivity contribution >= 4 is 57.6 Å². The number of hydrogen-bond donors (Lipinski definition) is 0. The number of esters is 1. The number of para-hydroxylation sites is 1. The van der Waals surface area contributed by atoms with Crippen molar-refractivity contribution in [3.05, 3.63) is 82.0 Å². The largest absolute Gasteiger partial charge is 0.402 e. The van der Waals surface area contributed by atoms with Gasteiger partial charge in [-0.05, 0) is 42.5 Å². The van der Waals surface area contributed by atoms with Crippen LogP contribution in [-0.2, 0) is 14.3 Å². The lowest BCUT2D eigenvalue weighted by atomic mass is 10.2. The van der Waals surface area contributed by atoms with Crippen molar-refractivity contribution in [3.63, 3.8) is 0 Å². The number of anilines is 2. The van der Waals surface area contributed by atoms with E-state index in [0.717, 1.165) is 5.69 Å². The molecule has 0 saturated carbocycles. The lowest BCUT2D eigenvalue weighted by Crippen LogP contribution is -2.22. The second kappa shape index (κ2) is 7.98. The monoisotopic (exact) mass is 423 g/mol. The Morgan fingerprint density at radius 2 is 1.86 bits per heavy atom. The summed E-state index contributed by atoms with van der Waals surface area (Å²) < 4.78 is 5.24. The van der Waals surface area contributed by atoms with Gasteiger partial charge >= 0.3 is 5.97 Å². The van der Waals surface area contributed by atoms with E-state index in [1.165, 1.54) is 29.2 Å². The molecule has 1 amide bonds. The molecule has 0 aliphatic carbocycles. The molecule has 29 heavy (non-hydrogen) atoms. The minimum atomic E-state index is -0.559. The molecular weight excluding hydrogens is 410 g/mol. The summed E-state index contributed by atoms with van der Waals surface area (Å²) >= 11 is 7.18. The number of aromatic nitrogens is 1. The van der Waals surface area contributed by atoms with Crippen LogP contribution in [0.25, 0.3) is 6.08 Å². The summed E-state index contributed by atoms with van der Waals surface area (Å²) in [5.74, 6) is -0.507. The van der Waals surface area contributed by atoms with Crippen molar-refractivity contribution in [3.8, 4) is 0 Å². The Morgan fingerprint density at radius 3 is 2.55 bits per heavy atom. The fourth-order valence-electron chi connectivity index (χ4n) is 2.71. The topological polar surface area (TPSA) is 71.9 Å². The van der Waals surface area contributed by atoms with Crippen LogP contribution in [0.3, 0.4) is 0 Å². The van der Waals surface area contributed by atoms with Crippen molar-refractivity contribution in [2.24, 2.45) is 4.99 Å². The Balaban J connectivity index is 1.62. The fourth-order valence-corrected chi connectivity index (χ4v) is 3.68. The number of carbonyl (C=O) groups is 2. The lowest BCUT2D eigenvalue weighted by Gasteiger charge is -2.17. The van der Waals surface area contributed by atoms with E-state index in [0.29, 0.717) is 21.4 Å². The average molecular weight is 424 g/mol. The van der Waals surface area contributed by atoms with Crippen LogP contribution >= 0.6 is 22.9 Å². The third-order valence-electron chi connectivity index (χ3n) is 4.03. The van der Waals surface area contributed by atoms with Crippen LogP contribution in [0.5, 0.6) is 0 Å². The summed E-state index contributed by atoms with van der Waals surface area (Å²) in [5.41, 5.74) is 2.02. The van der Waals surface area contributed by atoms with Crippen LogP contribution in [0.4, 0.5) is 10.8 Å². The molecule has 0 unspecified atom stereocenters. The predicted molar refractivity (Wildman–Crippen MR) is 113 cm³/mol. The van der Waals surface area contributed by atoms with Crippen molar-refractivity contribution in [1.82, 2.24) is 4.98 Å². The third kappa shape index (κ3) is 4.11. The van der Waals surface area contributed by atoms with Crippen LogP contribution in [0, 0.1) is 0 Å². The highest BCUT2D eigenvalue weighted by atomic mass is 35.5. The highest BCUT2D eigenvalue weighted by Gasteiger charge is 2.25. The van der Waals surface area contributed by atoms with E-state index < -0.39 is 5.97 Å². The number of cyclic esters (lactones) is 1. The van der Waals surface area contributed by atoms with Gasteiger partial charge in [0, 0.05) is 22.9 Å². The Kier molecular flexibility index (Phi) is 5.24. The number of thiazole rings is 1. The van der Waals surface area contributed by atoms with E-state index in [1.807, 2.05) is 30.3 Å². The molecule has 0 radical (unpaired) electrons. The molecule has 0 spiro atoms. The number of halogens is 1. The molecule has 0 N–H and O–H groups in total. The maximum Gasteiger partial charge on any atom is 0.363 e. The molecule has 1 aliphatic heterocycles. The third-order valence-corrected chi connectivity index (χ3v) is 5.12. The quantitative estimate of drug-likeness (QED) is 0.445. The summed E-state index contributed by atoms with van der Waals surface area (Å²) in [6.07, 6.45) is 1.54. The van der Waals surface area contributed by atoms with Gasteiger partial charge in [0.2, 0.25) is 11.8 Å². The number of benzene rings is 2. The van der Waals surface area contributed by atoms with Crippen molar-refractivity contribution in [2.75, 3.05) is 4.90 Å².